The minimum atomic E-state index is -1.07. The number of para-hydroxylation sites is 2. The highest BCUT2D eigenvalue weighted by atomic mass is 16.6. The Balaban J connectivity index is 2.49. The molecule has 0 heterocycles. The minimum Gasteiger partial charge on any atom is -0.480 e. The molecule has 0 aliphatic rings. The van der Waals surface area contributed by atoms with Crippen molar-refractivity contribution in [3.05, 3.63) is 34.4 Å². The first-order valence-electron chi connectivity index (χ1n) is 6.95. The molecule has 1 unspecified atom stereocenters. The number of hydrogen-bond donors (Lipinski definition) is 3. The van der Waals surface area contributed by atoms with E-state index in [4.69, 9.17) is 5.11 Å². The lowest BCUT2D eigenvalue weighted by atomic mass is 10.1. The number of amides is 1. The largest absolute Gasteiger partial charge is 0.480 e. The van der Waals surface area contributed by atoms with Crippen molar-refractivity contribution in [3.63, 3.8) is 0 Å². The minimum absolute atomic E-state index is 0.0273. The molecule has 0 aliphatic heterocycles. The van der Waals surface area contributed by atoms with Gasteiger partial charge >= 0.3 is 5.97 Å². The highest BCUT2D eigenvalue weighted by molar-refractivity contribution is 5.83. The van der Waals surface area contributed by atoms with Crippen molar-refractivity contribution in [2.75, 3.05) is 11.9 Å². The predicted octanol–water partition coefficient (Wildman–Crippen LogP) is 1.77. The first kappa shape index (κ1) is 17.4. The second-order valence-electron chi connectivity index (χ2n) is 4.70. The molecule has 8 nitrogen and oxygen atoms in total. The Bertz CT molecular complexity index is 547. The lowest BCUT2D eigenvalue weighted by Crippen LogP contribution is -2.41. The summed E-state index contributed by atoms with van der Waals surface area (Å²) in [7, 11) is 0. The summed E-state index contributed by atoms with van der Waals surface area (Å²) in [4.78, 5) is 33.0. The van der Waals surface area contributed by atoms with Crippen molar-refractivity contribution in [2.45, 2.75) is 32.2 Å². The highest BCUT2D eigenvalue weighted by Gasteiger charge is 2.18. The molecule has 8 heteroatoms. The fraction of sp³-hybridized carbons (Fsp3) is 0.429. The van der Waals surface area contributed by atoms with Crippen LogP contribution in [-0.4, -0.2) is 34.5 Å². The van der Waals surface area contributed by atoms with E-state index in [0.717, 1.165) is 0 Å². The van der Waals surface area contributed by atoms with E-state index >= 15 is 0 Å². The van der Waals surface area contributed by atoms with E-state index in [-0.39, 0.29) is 18.7 Å². The van der Waals surface area contributed by atoms with Gasteiger partial charge in [-0.1, -0.05) is 25.5 Å². The second-order valence-corrected chi connectivity index (χ2v) is 4.70. The van der Waals surface area contributed by atoms with E-state index in [2.05, 4.69) is 10.6 Å². The van der Waals surface area contributed by atoms with Gasteiger partial charge in [0.25, 0.3) is 5.69 Å². The molecule has 1 atom stereocenters. The first-order chi connectivity index (χ1) is 10.5. The summed E-state index contributed by atoms with van der Waals surface area (Å²) in [5.74, 6) is -1.48. The van der Waals surface area contributed by atoms with Crippen LogP contribution in [0.2, 0.25) is 0 Å². The van der Waals surface area contributed by atoms with Crippen molar-refractivity contribution >= 4 is 23.3 Å². The molecule has 0 aromatic heterocycles. The SMILES string of the molecule is CCCC(NC(=O)CCNc1ccccc1[N+](=O)[O-])C(=O)O. The molecule has 3 N–H and O–H groups in total. The van der Waals surface area contributed by atoms with E-state index in [1.165, 1.54) is 6.07 Å². The quantitative estimate of drug-likeness (QED) is 0.472. The molecule has 22 heavy (non-hydrogen) atoms. The third-order valence-electron chi connectivity index (χ3n) is 2.98. The molecule has 1 rings (SSSR count). The van der Waals surface area contributed by atoms with Gasteiger partial charge in [0, 0.05) is 19.0 Å². The number of hydrogen-bond acceptors (Lipinski definition) is 5. The Kier molecular flexibility index (Phi) is 6.81. The van der Waals surface area contributed by atoms with Crippen LogP contribution in [-0.2, 0) is 9.59 Å². The number of benzene rings is 1. The second kappa shape index (κ2) is 8.60. The number of carboxylic acid groups (broad SMARTS) is 1. The molecule has 0 bridgehead atoms. The number of aliphatic carboxylic acids is 1. The van der Waals surface area contributed by atoms with Crippen molar-refractivity contribution in [1.82, 2.24) is 5.32 Å². The van der Waals surface area contributed by atoms with E-state index in [1.54, 1.807) is 18.2 Å². The van der Waals surface area contributed by atoms with Crippen LogP contribution in [0.4, 0.5) is 11.4 Å². The van der Waals surface area contributed by atoms with Crippen molar-refractivity contribution in [3.8, 4) is 0 Å². The summed E-state index contributed by atoms with van der Waals surface area (Å²) in [5.41, 5.74) is 0.251. The van der Waals surface area contributed by atoms with E-state index in [9.17, 15) is 19.7 Å². The molecule has 0 saturated carbocycles. The van der Waals surface area contributed by atoms with Gasteiger partial charge in [-0.3, -0.25) is 14.9 Å². The van der Waals surface area contributed by atoms with E-state index < -0.39 is 22.8 Å². The van der Waals surface area contributed by atoms with Crippen LogP contribution in [0.25, 0.3) is 0 Å². The maximum Gasteiger partial charge on any atom is 0.326 e. The van der Waals surface area contributed by atoms with Gasteiger partial charge in [0.2, 0.25) is 5.91 Å². The van der Waals surface area contributed by atoms with Crippen molar-refractivity contribution in [1.29, 1.82) is 0 Å². The van der Waals surface area contributed by atoms with Crippen LogP contribution in [0.15, 0.2) is 24.3 Å². The summed E-state index contributed by atoms with van der Waals surface area (Å²) in [5, 5.41) is 25.0. The zero-order valence-electron chi connectivity index (χ0n) is 12.2. The summed E-state index contributed by atoms with van der Waals surface area (Å²) in [6, 6.07) is 5.22. The Morgan fingerprint density at radius 2 is 2.05 bits per heavy atom. The van der Waals surface area contributed by atoms with Crippen molar-refractivity contribution in [2.24, 2.45) is 0 Å². The molecule has 120 valence electrons. The average molecular weight is 309 g/mol. The lowest BCUT2D eigenvalue weighted by Gasteiger charge is -2.13. The molecule has 0 fully saturated rings. The standard InChI is InChI=1S/C14H19N3O5/c1-2-5-11(14(19)20)16-13(18)8-9-15-10-6-3-4-7-12(10)17(21)22/h3-4,6-7,11,15H,2,5,8-9H2,1H3,(H,16,18)(H,19,20). The lowest BCUT2D eigenvalue weighted by molar-refractivity contribution is -0.384. The Morgan fingerprint density at radius 1 is 1.36 bits per heavy atom. The summed E-state index contributed by atoms with van der Waals surface area (Å²) < 4.78 is 0. The fourth-order valence-corrected chi connectivity index (χ4v) is 1.91. The molecule has 1 aromatic rings. The third-order valence-corrected chi connectivity index (χ3v) is 2.98. The maximum atomic E-state index is 11.7. The van der Waals surface area contributed by atoms with Crippen LogP contribution in [0.1, 0.15) is 26.2 Å². The third kappa shape index (κ3) is 5.39. The first-order valence-corrected chi connectivity index (χ1v) is 6.95. The topological polar surface area (TPSA) is 122 Å². The number of nitro benzene ring substituents is 1. The Labute approximate surface area is 127 Å². The summed E-state index contributed by atoms with van der Waals surface area (Å²) >= 11 is 0. The maximum absolute atomic E-state index is 11.7. The van der Waals surface area contributed by atoms with E-state index in [0.29, 0.717) is 18.5 Å². The monoisotopic (exact) mass is 309 g/mol. The van der Waals surface area contributed by atoms with Crippen LogP contribution in [0, 0.1) is 10.1 Å². The average Bonchev–Trinajstić information content (AvgIpc) is 2.47. The van der Waals surface area contributed by atoms with Gasteiger partial charge in [-0.2, -0.15) is 0 Å². The fourth-order valence-electron chi connectivity index (χ4n) is 1.91. The van der Waals surface area contributed by atoms with E-state index in [1.807, 2.05) is 6.92 Å². The predicted molar refractivity (Wildman–Crippen MR) is 80.7 cm³/mol. The molecule has 1 aromatic carbocycles. The number of nitro groups is 1. The number of nitrogens with one attached hydrogen (secondary N) is 2. The number of carbonyl (C=O) groups is 2. The van der Waals surface area contributed by atoms with Gasteiger partial charge in [0.05, 0.1) is 4.92 Å². The normalized spacial score (nSPS) is 11.5. The molecular formula is C14H19N3O5. The summed E-state index contributed by atoms with van der Waals surface area (Å²) in [6.45, 7) is 2.01. The molecular weight excluding hydrogens is 290 g/mol. The van der Waals surface area contributed by atoms with Gasteiger partial charge in [-0.25, -0.2) is 4.79 Å². The molecule has 0 radical (unpaired) electrons. The zero-order valence-corrected chi connectivity index (χ0v) is 12.2. The van der Waals surface area contributed by atoms with Crippen LogP contribution in [0.3, 0.4) is 0 Å². The molecule has 1 amide bonds. The number of rotatable bonds is 9. The molecule has 0 aliphatic carbocycles. The molecule has 0 saturated heterocycles. The van der Waals surface area contributed by atoms with Gasteiger partial charge in [0.15, 0.2) is 0 Å². The Morgan fingerprint density at radius 3 is 2.64 bits per heavy atom. The van der Waals surface area contributed by atoms with Crippen molar-refractivity contribution < 1.29 is 19.6 Å². The van der Waals surface area contributed by atoms with Gasteiger partial charge in [-0.15, -0.1) is 0 Å². The van der Waals surface area contributed by atoms with Gasteiger partial charge in [0.1, 0.15) is 11.7 Å². The summed E-state index contributed by atoms with van der Waals surface area (Å²) in [6.07, 6.45) is 1.03. The zero-order chi connectivity index (χ0) is 16.5. The number of anilines is 1. The van der Waals surface area contributed by atoms with Gasteiger partial charge in [-0.05, 0) is 12.5 Å². The van der Waals surface area contributed by atoms with Crippen LogP contribution in [0.5, 0.6) is 0 Å². The smallest absolute Gasteiger partial charge is 0.326 e. The van der Waals surface area contributed by atoms with Gasteiger partial charge < -0.3 is 15.7 Å². The van der Waals surface area contributed by atoms with Crippen LogP contribution >= 0.6 is 0 Å². The number of nitrogens with zero attached hydrogens (tertiary/aromatic N) is 1. The molecule has 0 spiro atoms. The number of carboxylic acids is 1. The number of carbonyl (C=O) groups excluding carboxylic acids is 1. The van der Waals surface area contributed by atoms with Crippen LogP contribution < -0.4 is 10.6 Å². The highest BCUT2D eigenvalue weighted by Crippen LogP contribution is 2.22. The Hall–Kier alpha value is -2.64.